The van der Waals surface area contributed by atoms with Crippen LogP contribution in [-0.2, 0) is 0 Å². The van der Waals surface area contributed by atoms with Crippen LogP contribution in [0.15, 0.2) is 30.5 Å². The van der Waals surface area contributed by atoms with E-state index in [-0.39, 0.29) is 17.5 Å². The second kappa shape index (κ2) is 8.81. The van der Waals surface area contributed by atoms with Gasteiger partial charge in [0.15, 0.2) is 0 Å². The summed E-state index contributed by atoms with van der Waals surface area (Å²) in [7, 11) is 0. The predicted molar refractivity (Wildman–Crippen MR) is 105 cm³/mol. The maximum atomic E-state index is 12.6. The summed E-state index contributed by atoms with van der Waals surface area (Å²) < 4.78 is 0. The van der Waals surface area contributed by atoms with Crippen LogP contribution in [0.25, 0.3) is 0 Å². The van der Waals surface area contributed by atoms with Gasteiger partial charge in [0.2, 0.25) is 0 Å². The molecule has 0 radical (unpaired) electrons. The zero-order chi connectivity index (χ0) is 19.3. The molecule has 2 rings (SSSR count). The minimum Gasteiger partial charge on any atom is -0.351 e. The molecule has 0 aliphatic rings. The highest BCUT2D eigenvalue weighted by atomic mass is 35.5. The van der Waals surface area contributed by atoms with Gasteiger partial charge in [-0.2, -0.15) is 0 Å². The van der Waals surface area contributed by atoms with Crippen molar-refractivity contribution in [1.29, 1.82) is 0 Å². The Hall–Kier alpha value is -2.40. The summed E-state index contributed by atoms with van der Waals surface area (Å²) in [5.41, 5.74) is 3.04. The number of hydrogen-bond acceptors (Lipinski definition) is 3. The molecule has 1 aromatic carbocycles. The molecule has 2 N–H and O–H groups in total. The number of rotatable bonds is 6. The van der Waals surface area contributed by atoms with Gasteiger partial charge in [0.25, 0.3) is 11.8 Å². The number of benzene rings is 1. The number of pyridine rings is 1. The Morgan fingerprint density at radius 2 is 1.88 bits per heavy atom. The van der Waals surface area contributed by atoms with Crippen LogP contribution in [-0.4, -0.2) is 23.3 Å². The van der Waals surface area contributed by atoms with Crippen LogP contribution < -0.4 is 10.6 Å². The Labute approximate surface area is 159 Å². The molecule has 1 aromatic heterocycles. The SMILES string of the molecule is Cc1cc(C)c(NC(=O)c2ccnc(C(=O)NCCC(C)C)c2)c(Cl)c1. The highest BCUT2D eigenvalue weighted by Crippen LogP contribution is 2.27. The largest absolute Gasteiger partial charge is 0.351 e. The van der Waals surface area contributed by atoms with Gasteiger partial charge in [0.1, 0.15) is 5.69 Å². The number of nitrogens with one attached hydrogen (secondary N) is 2. The van der Waals surface area contributed by atoms with Gasteiger partial charge in [-0.05, 0) is 55.5 Å². The molecule has 2 amide bonds. The molecule has 26 heavy (non-hydrogen) atoms. The summed E-state index contributed by atoms with van der Waals surface area (Å²) in [6, 6.07) is 6.79. The zero-order valence-electron chi connectivity index (χ0n) is 15.5. The summed E-state index contributed by atoms with van der Waals surface area (Å²) >= 11 is 6.24. The van der Waals surface area contributed by atoms with E-state index in [0.29, 0.717) is 28.7 Å². The van der Waals surface area contributed by atoms with Gasteiger partial charge in [0.05, 0.1) is 10.7 Å². The molecule has 138 valence electrons. The van der Waals surface area contributed by atoms with Gasteiger partial charge in [-0.3, -0.25) is 14.6 Å². The van der Waals surface area contributed by atoms with Crippen LogP contribution >= 0.6 is 11.6 Å². The molecule has 0 aliphatic heterocycles. The molecule has 6 heteroatoms. The number of halogens is 1. The lowest BCUT2D eigenvalue weighted by atomic mass is 10.1. The van der Waals surface area contributed by atoms with Crippen molar-refractivity contribution >= 4 is 29.1 Å². The lowest BCUT2D eigenvalue weighted by Gasteiger charge is -2.12. The number of aryl methyl sites for hydroxylation is 2. The first-order valence-electron chi connectivity index (χ1n) is 8.60. The number of aromatic nitrogens is 1. The maximum Gasteiger partial charge on any atom is 0.269 e. The predicted octanol–water partition coefficient (Wildman–Crippen LogP) is 4.38. The van der Waals surface area contributed by atoms with Gasteiger partial charge in [0, 0.05) is 18.3 Å². The van der Waals surface area contributed by atoms with Crippen molar-refractivity contribution in [2.24, 2.45) is 5.92 Å². The molecule has 0 atom stereocenters. The molecule has 0 aliphatic carbocycles. The molecule has 1 heterocycles. The molecule has 0 saturated carbocycles. The molecule has 0 bridgehead atoms. The average molecular weight is 374 g/mol. The molecule has 0 fully saturated rings. The third kappa shape index (κ3) is 5.30. The van der Waals surface area contributed by atoms with E-state index in [9.17, 15) is 9.59 Å². The van der Waals surface area contributed by atoms with E-state index in [1.54, 1.807) is 12.1 Å². The molecule has 5 nitrogen and oxygen atoms in total. The minimum atomic E-state index is -0.336. The van der Waals surface area contributed by atoms with Gasteiger partial charge >= 0.3 is 0 Å². The monoisotopic (exact) mass is 373 g/mol. The third-order valence-electron chi connectivity index (χ3n) is 3.93. The van der Waals surface area contributed by atoms with E-state index in [1.807, 2.05) is 19.9 Å². The normalized spacial score (nSPS) is 10.7. The Morgan fingerprint density at radius 1 is 1.15 bits per heavy atom. The second-order valence-electron chi connectivity index (χ2n) is 6.76. The highest BCUT2D eigenvalue weighted by molar-refractivity contribution is 6.34. The molecular weight excluding hydrogens is 350 g/mol. The second-order valence-corrected chi connectivity index (χ2v) is 7.17. The van der Waals surface area contributed by atoms with Crippen LogP contribution in [0.1, 0.15) is 52.2 Å². The first kappa shape index (κ1) is 19.9. The Bertz CT molecular complexity index is 795. The Balaban J connectivity index is 2.12. The number of carbonyl (C=O) groups is 2. The van der Waals surface area contributed by atoms with Crippen LogP contribution in [0.4, 0.5) is 5.69 Å². The van der Waals surface area contributed by atoms with Gasteiger partial charge in [-0.1, -0.05) is 31.5 Å². The van der Waals surface area contributed by atoms with E-state index >= 15 is 0 Å². The molecule has 2 aromatic rings. The Kier molecular flexibility index (Phi) is 6.75. The minimum absolute atomic E-state index is 0.216. The highest BCUT2D eigenvalue weighted by Gasteiger charge is 2.14. The van der Waals surface area contributed by atoms with E-state index in [2.05, 4.69) is 29.5 Å². The fourth-order valence-electron chi connectivity index (χ4n) is 2.52. The van der Waals surface area contributed by atoms with Gasteiger partial charge in [-0.15, -0.1) is 0 Å². The van der Waals surface area contributed by atoms with E-state index in [4.69, 9.17) is 11.6 Å². The molecule has 0 unspecified atom stereocenters. The fourth-order valence-corrected chi connectivity index (χ4v) is 2.89. The summed E-state index contributed by atoms with van der Waals surface area (Å²) in [6.45, 7) is 8.58. The number of carbonyl (C=O) groups excluding carboxylic acids is 2. The maximum absolute atomic E-state index is 12.6. The zero-order valence-corrected chi connectivity index (χ0v) is 16.3. The van der Waals surface area contributed by atoms with Crippen LogP contribution in [0.2, 0.25) is 5.02 Å². The van der Waals surface area contributed by atoms with Crippen molar-refractivity contribution in [2.75, 3.05) is 11.9 Å². The van der Waals surface area contributed by atoms with Crippen LogP contribution in [0.3, 0.4) is 0 Å². The van der Waals surface area contributed by atoms with Crippen molar-refractivity contribution in [2.45, 2.75) is 34.1 Å². The summed E-state index contributed by atoms with van der Waals surface area (Å²) in [4.78, 5) is 28.8. The van der Waals surface area contributed by atoms with Gasteiger partial charge < -0.3 is 10.6 Å². The molecular formula is C20H24ClN3O2. The van der Waals surface area contributed by atoms with E-state index < -0.39 is 0 Å². The summed E-state index contributed by atoms with van der Waals surface area (Å²) in [5.74, 6) is -0.120. The smallest absolute Gasteiger partial charge is 0.269 e. The van der Waals surface area contributed by atoms with Crippen LogP contribution in [0, 0.1) is 19.8 Å². The van der Waals surface area contributed by atoms with Crippen molar-refractivity contribution in [3.8, 4) is 0 Å². The van der Waals surface area contributed by atoms with Crippen molar-refractivity contribution in [3.05, 3.63) is 57.9 Å². The first-order valence-corrected chi connectivity index (χ1v) is 8.98. The van der Waals surface area contributed by atoms with E-state index in [0.717, 1.165) is 17.5 Å². The average Bonchev–Trinajstić information content (AvgIpc) is 2.57. The number of anilines is 1. The quantitative estimate of drug-likeness (QED) is 0.789. The molecule has 0 spiro atoms. The standard InChI is InChI=1S/C20H24ClN3O2/c1-12(2)5-7-23-20(26)17-11-15(6-8-22-17)19(25)24-18-14(4)9-13(3)10-16(18)21/h6,8-12H,5,7H2,1-4H3,(H,23,26)(H,24,25). The molecule has 0 saturated heterocycles. The van der Waals surface area contributed by atoms with Crippen LogP contribution in [0.5, 0.6) is 0 Å². The van der Waals surface area contributed by atoms with E-state index in [1.165, 1.54) is 12.3 Å². The number of nitrogens with zero attached hydrogens (tertiary/aromatic N) is 1. The fraction of sp³-hybridized carbons (Fsp3) is 0.350. The number of amides is 2. The van der Waals surface area contributed by atoms with Gasteiger partial charge in [-0.25, -0.2) is 0 Å². The lowest BCUT2D eigenvalue weighted by Crippen LogP contribution is -2.26. The lowest BCUT2D eigenvalue weighted by molar-refractivity contribution is 0.0947. The number of hydrogen-bond donors (Lipinski definition) is 2. The summed E-state index contributed by atoms with van der Waals surface area (Å²) in [6.07, 6.45) is 2.34. The van der Waals surface area contributed by atoms with Crippen molar-refractivity contribution in [3.63, 3.8) is 0 Å². The van der Waals surface area contributed by atoms with Crippen molar-refractivity contribution < 1.29 is 9.59 Å². The first-order chi connectivity index (χ1) is 12.3. The topological polar surface area (TPSA) is 71.1 Å². The third-order valence-corrected chi connectivity index (χ3v) is 4.23. The summed E-state index contributed by atoms with van der Waals surface area (Å²) in [5, 5.41) is 6.12. The Morgan fingerprint density at radius 3 is 2.54 bits per heavy atom. The van der Waals surface area contributed by atoms with Crippen molar-refractivity contribution in [1.82, 2.24) is 10.3 Å².